The SMILES string of the molecule is CCCCC(N)c1nc(C(=O)NC(C)c2cccc3ccccc23)co1. The lowest BCUT2D eigenvalue weighted by molar-refractivity contribution is 0.0935. The molecule has 3 N–H and O–H groups in total. The maximum atomic E-state index is 12.5. The Morgan fingerprint density at radius 1 is 1.23 bits per heavy atom. The summed E-state index contributed by atoms with van der Waals surface area (Å²) < 4.78 is 5.41. The van der Waals surface area contributed by atoms with E-state index in [-0.39, 0.29) is 23.7 Å². The molecule has 136 valence electrons. The van der Waals surface area contributed by atoms with Gasteiger partial charge in [0.2, 0.25) is 5.89 Å². The molecule has 3 aromatic rings. The van der Waals surface area contributed by atoms with Gasteiger partial charge in [-0.25, -0.2) is 4.98 Å². The van der Waals surface area contributed by atoms with Crippen molar-refractivity contribution in [1.82, 2.24) is 10.3 Å². The summed E-state index contributed by atoms with van der Waals surface area (Å²) in [7, 11) is 0. The highest BCUT2D eigenvalue weighted by Gasteiger charge is 2.19. The highest BCUT2D eigenvalue weighted by Crippen LogP contribution is 2.24. The summed E-state index contributed by atoms with van der Waals surface area (Å²) in [6.45, 7) is 4.07. The summed E-state index contributed by atoms with van der Waals surface area (Å²) in [5.41, 5.74) is 7.39. The van der Waals surface area contributed by atoms with Crippen molar-refractivity contribution in [2.45, 2.75) is 45.2 Å². The Morgan fingerprint density at radius 3 is 2.81 bits per heavy atom. The first kappa shape index (κ1) is 18.1. The number of hydrogen-bond acceptors (Lipinski definition) is 4. The fourth-order valence-electron chi connectivity index (χ4n) is 3.09. The number of fused-ring (bicyclic) bond motifs is 1. The molecule has 0 bridgehead atoms. The minimum atomic E-state index is -0.271. The number of unbranched alkanes of at least 4 members (excludes halogenated alkanes) is 1. The van der Waals surface area contributed by atoms with Crippen LogP contribution in [-0.4, -0.2) is 10.9 Å². The highest BCUT2D eigenvalue weighted by atomic mass is 16.3. The second-order valence-electron chi connectivity index (χ2n) is 6.58. The van der Waals surface area contributed by atoms with E-state index >= 15 is 0 Å². The topological polar surface area (TPSA) is 81.1 Å². The lowest BCUT2D eigenvalue weighted by Crippen LogP contribution is -2.27. The minimum absolute atomic E-state index is 0.150. The number of oxazole rings is 1. The van der Waals surface area contributed by atoms with Crippen LogP contribution in [0, 0.1) is 0 Å². The molecule has 0 saturated heterocycles. The van der Waals surface area contributed by atoms with Crippen molar-refractivity contribution in [1.29, 1.82) is 0 Å². The molecule has 1 aromatic heterocycles. The molecule has 2 aromatic carbocycles. The van der Waals surface area contributed by atoms with Gasteiger partial charge in [0.05, 0.1) is 12.1 Å². The van der Waals surface area contributed by atoms with Gasteiger partial charge in [0.15, 0.2) is 5.69 Å². The number of aromatic nitrogens is 1. The van der Waals surface area contributed by atoms with Gasteiger partial charge < -0.3 is 15.5 Å². The molecule has 0 radical (unpaired) electrons. The maximum Gasteiger partial charge on any atom is 0.273 e. The molecule has 2 atom stereocenters. The number of carbonyl (C=O) groups excluding carboxylic acids is 1. The fraction of sp³-hybridized carbons (Fsp3) is 0.333. The Labute approximate surface area is 153 Å². The van der Waals surface area contributed by atoms with Crippen LogP contribution in [0.5, 0.6) is 0 Å². The van der Waals surface area contributed by atoms with Crippen LogP contribution in [-0.2, 0) is 0 Å². The van der Waals surface area contributed by atoms with E-state index in [4.69, 9.17) is 10.2 Å². The van der Waals surface area contributed by atoms with Gasteiger partial charge >= 0.3 is 0 Å². The van der Waals surface area contributed by atoms with Gasteiger partial charge in [-0.2, -0.15) is 0 Å². The molecular weight excluding hydrogens is 326 g/mol. The predicted molar refractivity (Wildman–Crippen MR) is 103 cm³/mol. The van der Waals surface area contributed by atoms with Crippen molar-refractivity contribution in [2.75, 3.05) is 0 Å². The Bertz CT molecular complexity index is 882. The largest absolute Gasteiger partial charge is 0.446 e. The Morgan fingerprint density at radius 2 is 2.00 bits per heavy atom. The van der Waals surface area contributed by atoms with E-state index in [1.807, 2.05) is 31.2 Å². The lowest BCUT2D eigenvalue weighted by atomic mass is 9.99. The van der Waals surface area contributed by atoms with Gasteiger partial charge in [-0.05, 0) is 29.7 Å². The summed E-state index contributed by atoms with van der Waals surface area (Å²) >= 11 is 0. The van der Waals surface area contributed by atoms with Gasteiger partial charge in [-0.3, -0.25) is 4.79 Å². The van der Waals surface area contributed by atoms with E-state index in [9.17, 15) is 4.79 Å². The van der Waals surface area contributed by atoms with Crippen molar-refractivity contribution in [3.8, 4) is 0 Å². The molecule has 2 unspecified atom stereocenters. The molecule has 0 spiro atoms. The van der Waals surface area contributed by atoms with Crippen LogP contribution in [0.4, 0.5) is 0 Å². The van der Waals surface area contributed by atoms with E-state index in [1.54, 1.807) is 0 Å². The van der Waals surface area contributed by atoms with Gasteiger partial charge in [-0.1, -0.05) is 62.2 Å². The monoisotopic (exact) mass is 351 g/mol. The third kappa shape index (κ3) is 3.94. The summed E-state index contributed by atoms with van der Waals surface area (Å²) in [5.74, 6) is 0.157. The highest BCUT2D eigenvalue weighted by molar-refractivity contribution is 5.93. The first-order valence-electron chi connectivity index (χ1n) is 9.09. The Balaban J connectivity index is 1.72. The number of carbonyl (C=O) groups is 1. The van der Waals surface area contributed by atoms with Crippen LogP contribution < -0.4 is 11.1 Å². The predicted octanol–water partition coefficient (Wildman–Crippen LogP) is 4.51. The summed E-state index contributed by atoms with van der Waals surface area (Å²) in [6, 6.07) is 13.8. The zero-order valence-corrected chi connectivity index (χ0v) is 15.2. The summed E-state index contributed by atoms with van der Waals surface area (Å²) in [6.07, 6.45) is 4.24. The van der Waals surface area contributed by atoms with Gasteiger partial charge in [-0.15, -0.1) is 0 Å². The standard InChI is InChI=1S/C21H25N3O2/c1-3-4-12-18(22)21-24-19(13-26-21)20(25)23-14(2)16-11-7-9-15-8-5-6-10-17(15)16/h5-11,13-14,18H,3-4,12,22H2,1-2H3,(H,23,25). The van der Waals surface area contributed by atoms with Crippen molar-refractivity contribution >= 4 is 16.7 Å². The Hall–Kier alpha value is -2.66. The van der Waals surface area contributed by atoms with E-state index < -0.39 is 0 Å². The second kappa shape index (κ2) is 8.15. The number of rotatable bonds is 7. The van der Waals surface area contributed by atoms with E-state index in [0.29, 0.717) is 5.89 Å². The van der Waals surface area contributed by atoms with E-state index in [1.165, 1.54) is 6.26 Å². The molecule has 0 aliphatic carbocycles. The van der Waals surface area contributed by atoms with E-state index in [0.717, 1.165) is 35.6 Å². The molecule has 0 saturated carbocycles. The molecule has 5 heteroatoms. The number of amides is 1. The molecule has 5 nitrogen and oxygen atoms in total. The lowest BCUT2D eigenvalue weighted by Gasteiger charge is -2.16. The number of benzene rings is 2. The molecule has 1 amide bonds. The first-order chi connectivity index (χ1) is 12.6. The number of nitrogens with one attached hydrogen (secondary N) is 1. The molecule has 26 heavy (non-hydrogen) atoms. The smallest absolute Gasteiger partial charge is 0.273 e. The molecular formula is C21H25N3O2. The minimum Gasteiger partial charge on any atom is -0.446 e. The molecule has 0 fully saturated rings. The van der Waals surface area contributed by atoms with Crippen LogP contribution in [0.15, 0.2) is 53.1 Å². The van der Waals surface area contributed by atoms with Crippen molar-refractivity contribution in [3.05, 3.63) is 65.9 Å². The summed E-state index contributed by atoms with van der Waals surface area (Å²) in [5, 5.41) is 5.28. The van der Waals surface area contributed by atoms with Gasteiger partial charge in [0.1, 0.15) is 6.26 Å². The summed E-state index contributed by atoms with van der Waals surface area (Å²) in [4.78, 5) is 16.8. The van der Waals surface area contributed by atoms with Gasteiger partial charge in [0, 0.05) is 0 Å². The second-order valence-corrected chi connectivity index (χ2v) is 6.58. The zero-order valence-electron chi connectivity index (χ0n) is 15.2. The van der Waals surface area contributed by atoms with Crippen LogP contribution in [0.2, 0.25) is 0 Å². The average molecular weight is 351 g/mol. The molecule has 1 heterocycles. The molecule has 3 rings (SSSR count). The van der Waals surface area contributed by atoms with Gasteiger partial charge in [0.25, 0.3) is 5.91 Å². The maximum absolute atomic E-state index is 12.5. The number of hydrogen-bond donors (Lipinski definition) is 2. The average Bonchev–Trinajstić information content (AvgIpc) is 3.16. The van der Waals surface area contributed by atoms with Crippen LogP contribution >= 0.6 is 0 Å². The van der Waals surface area contributed by atoms with Crippen molar-refractivity contribution in [2.24, 2.45) is 5.73 Å². The normalized spacial score (nSPS) is 13.5. The van der Waals surface area contributed by atoms with Crippen LogP contribution in [0.3, 0.4) is 0 Å². The number of nitrogens with zero attached hydrogens (tertiary/aromatic N) is 1. The molecule has 0 aliphatic heterocycles. The van der Waals surface area contributed by atoms with Crippen molar-refractivity contribution < 1.29 is 9.21 Å². The van der Waals surface area contributed by atoms with Crippen molar-refractivity contribution in [3.63, 3.8) is 0 Å². The van der Waals surface area contributed by atoms with Crippen LogP contribution in [0.25, 0.3) is 10.8 Å². The quantitative estimate of drug-likeness (QED) is 0.656. The molecule has 0 aliphatic rings. The van der Waals surface area contributed by atoms with E-state index in [2.05, 4.69) is 35.4 Å². The fourth-order valence-corrected chi connectivity index (χ4v) is 3.09. The Kier molecular flexibility index (Phi) is 5.68. The first-order valence-corrected chi connectivity index (χ1v) is 9.09. The van der Waals surface area contributed by atoms with Crippen LogP contribution in [0.1, 0.15) is 67.1 Å². The zero-order chi connectivity index (χ0) is 18.5. The third-order valence-corrected chi connectivity index (χ3v) is 4.58. The third-order valence-electron chi connectivity index (χ3n) is 4.58. The number of nitrogens with two attached hydrogens (primary N) is 1.